The Morgan fingerprint density at radius 3 is 2.85 bits per heavy atom. The minimum Gasteiger partial charge on any atom is -0.448 e. The van der Waals surface area contributed by atoms with E-state index in [4.69, 9.17) is 11.7 Å². The van der Waals surface area contributed by atoms with E-state index in [0.717, 1.165) is 0 Å². The van der Waals surface area contributed by atoms with Crippen molar-refractivity contribution in [3.05, 3.63) is 23.8 Å². The Kier molecular flexibility index (Phi) is 5.66. The molecule has 0 aromatic heterocycles. The molecule has 0 radical (unpaired) electrons. The maximum Gasteiger partial charge on any atom is 0.349 e. The van der Waals surface area contributed by atoms with E-state index in [1.807, 2.05) is 0 Å². The SMILES string of the molecule is C#CCOC(=O)/C(C#N)=C/C=C/C. The van der Waals surface area contributed by atoms with Gasteiger partial charge in [-0.3, -0.25) is 0 Å². The van der Waals surface area contributed by atoms with Gasteiger partial charge < -0.3 is 4.74 Å². The molecule has 0 aromatic carbocycles. The molecule has 13 heavy (non-hydrogen) atoms. The van der Waals surface area contributed by atoms with E-state index in [0.29, 0.717) is 0 Å². The molecular weight excluding hydrogens is 166 g/mol. The maximum atomic E-state index is 11.0. The van der Waals surface area contributed by atoms with Gasteiger partial charge in [-0.05, 0) is 13.0 Å². The topological polar surface area (TPSA) is 50.1 Å². The third-order valence-electron chi connectivity index (χ3n) is 1.08. The average Bonchev–Trinajstić information content (AvgIpc) is 2.16. The summed E-state index contributed by atoms with van der Waals surface area (Å²) < 4.78 is 4.54. The first kappa shape index (κ1) is 11.0. The highest BCUT2D eigenvalue weighted by atomic mass is 16.5. The van der Waals surface area contributed by atoms with Crippen LogP contribution in [0.4, 0.5) is 0 Å². The van der Waals surface area contributed by atoms with Gasteiger partial charge in [-0.1, -0.05) is 18.1 Å². The molecule has 0 spiro atoms. The lowest BCUT2D eigenvalue weighted by Crippen LogP contribution is -2.06. The molecule has 0 rings (SSSR count). The van der Waals surface area contributed by atoms with Crippen molar-refractivity contribution in [2.75, 3.05) is 6.61 Å². The van der Waals surface area contributed by atoms with Gasteiger partial charge >= 0.3 is 5.97 Å². The van der Waals surface area contributed by atoms with E-state index < -0.39 is 5.97 Å². The first-order valence-electron chi connectivity index (χ1n) is 3.60. The lowest BCUT2D eigenvalue weighted by atomic mass is 10.2. The predicted octanol–water partition coefficient (Wildman–Crippen LogP) is 1.19. The zero-order chi connectivity index (χ0) is 10.1. The fourth-order valence-corrected chi connectivity index (χ4v) is 0.528. The van der Waals surface area contributed by atoms with Gasteiger partial charge in [0.05, 0.1) is 0 Å². The van der Waals surface area contributed by atoms with Crippen molar-refractivity contribution >= 4 is 5.97 Å². The molecule has 0 saturated carbocycles. The van der Waals surface area contributed by atoms with E-state index in [9.17, 15) is 4.79 Å². The van der Waals surface area contributed by atoms with E-state index in [1.54, 1.807) is 25.1 Å². The Balaban J connectivity index is 4.36. The molecule has 0 aliphatic rings. The standard InChI is InChI=1S/C10H9NO2/c1-3-5-6-9(8-11)10(12)13-7-4-2/h2-3,5-6H,7H2,1H3/b5-3+,9-6+. The number of terminal acetylenes is 1. The summed E-state index contributed by atoms with van der Waals surface area (Å²) in [6.45, 7) is 1.66. The molecule has 3 heteroatoms. The van der Waals surface area contributed by atoms with E-state index >= 15 is 0 Å². The minimum atomic E-state index is -0.696. The molecule has 0 saturated heterocycles. The van der Waals surface area contributed by atoms with Crippen LogP contribution in [-0.4, -0.2) is 12.6 Å². The molecular formula is C10H9NO2. The van der Waals surface area contributed by atoms with Gasteiger partial charge in [0, 0.05) is 0 Å². The zero-order valence-corrected chi connectivity index (χ0v) is 7.28. The highest BCUT2D eigenvalue weighted by Crippen LogP contribution is 1.96. The van der Waals surface area contributed by atoms with Crippen molar-refractivity contribution in [2.24, 2.45) is 0 Å². The van der Waals surface area contributed by atoms with Crippen LogP contribution in [-0.2, 0) is 9.53 Å². The van der Waals surface area contributed by atoms with Crippen molar-refractivity contribution < 1.29 is 9.53 Å². The highest BCUT2D eigenvalue weighted by molar-refractivity contribution is 5.93. The van der Waals surface area contributed by atoms with Crippen LogP contribution < -0.4 is 0 Å². The van der Waals surface area contributed by atoms with Gasteiger partial charge in [-0.15, -0.1) is 6.42 Å². The Bertz CT molecular complexity index is 313. The summed E-state index contributed by atoms with van der Waals surface area (Å²) in [5.41, 5.74) is -0.0617. The normalized spacial score (nSPS) is 10.5. The second kappa shape index (κ2) is 6.69. The molecule has 0 fully saturated rings. The fraction of sp³-hybridized carbons (Fsp3) is 0.200. The van der Waals surface area contributed by atoms with E-state index in [2.05, 4.69) is 10.7 Å². The largest absolute Gasteiger partial charge is 0.448 e. The summed E-state index contributed by atoms with van der Waals surface area (Å²) in [6.07, 6.45) is 9.53. The van der Waals surface area contributed by atoms with Crippen molar-refractivity contribution in [1.82, 2.24) is 0 Å². The average molecular weight is 175 g/mol. The van der Waals surface area contributed by atoms with Crippen LogP contribution in [0, 0.1) is 23.7 Å². The third-order valence-corrected chi connectivity index (χ3v) is 1.08. The molecule has 0 bridgehead atoms. The number of ether oxygens (including phenoxy) is 1. The molecule has 66 valence electrons. The van der Waals surface area contributed by atoms with E-state index in [1.165, 1.54) is 6.08 Å². The lowest BCUT2D eigenvalue weighted by Gasteiger charge is -1.96. The number of hydrogen-bond acceptors (Lipinski definition) is 3. The summed E-state index contributed by atoms with van der Waals surface area (Å²) in [5.74, 6) is 1.44. The number of hydrogen-bond donors (Lipinski definition) is 0. The summed E-state index contributed by atoms with van der Waals surface area (Å²) in [5, 5.41) is 8.52. The summed E-state index contributed by atoms with van der Waals surface area (Å²) >= 11 is 0. The smallest absolute Gasteiger partial charge is 0.349 e. The Labute approximate surface area is 77.3 Å². The first-order chi connectivity index (χ1) is 6.26. The quantitative estimate of drug-likeness (QED) is 0.213. The van der Waals surface area contributed by atoms with Crippen LogP contribution in [0.5, 0.6) is 0 Å². The number of carbonyl (C=O) groups excluding carboxylic acids is 1. The predicted molar refractivity (Wildman–Crippen MR) is 48.3 cm³/mol. The van der Waals surface area contributed by atoms with Gasteiger partial charge in [0.25, 0.3) is 0 Å². The Hall–Kier alpha value is -2.00. The fourth-order valence-electron chi connectivity index (χ4n) is 0.528. The number of esters is 1. The van der Waals surface area contributed by atoms with Crippen LogP contribution in [0.25, 0.3) is 0 Å². The number of nitriles is 1. The molecule has 0 amide bonds. The second-order valence-electron chi connectivity index (χ2n) is 2.00. The molecule has 0 N–H and O–H groups in total. The first-order valence-corrected chi connectivity index (χ1v) is 3.60. The minimum absolute atomic E-state index is 0.0617. The molecule has 0 atom stereocenters. The van der Waals surface area contributed by atoms with Gasteiger partial charge in [0.15, 0.2) is 6.61 Å². The van der Waals surface area contributed by atoms with Gasteiger partial charge in [0.2, 0.25) is 0 Å². The summed E-state index contributed by atoms with van der Waals surface area (Å²) in [4.78, 5) is 11.0. The maximum absolute atomic E-state index is 11.0. The summed E-state index contributed by atoms with van der Waals surface area (Å²) in [7, 11) is 0. The monoisotopic (exact) mass is 175 g/mol. The molecule has 0 aliphatic heterocycles. The molecule has 3 nitrogen and oxygen atoms in total. The van der Waals surface area contributed by atoms with Crippen LogP contribution in [0.1, 0.15) is 6.92 Å². The number of allylic oxidation sites excluding steroid dienone is 3. The van der Waals surface area contributed by atoms with Crippen molar-refractivity contribution in [3.8, 4) is 18.4 Å². The van der Waals surface area contributed by atoms with Gasteiger partial charge in [-0.2, -0.15) is 5.26 Å². The summed E-state index contributed by atoms with van der Waals surface area (Å²) in [6, 6.07) is 1.71. The van der Waals surface area contributed by atoms with Gasteiger partial charge in [0.1, 0.15) is 11.6 Å². The van der Waals surface area contributed by atoms with Crippen LogP contribution in [0.15, 0.2) is 23.8 Å². The zero-order valence-electron chi connectivity index (χ0n) is 7.28. The van der Waals surface area contributed by atoms with Crippen molar-refractivity contribution in [1.29, 1.82) is 5.26 Å². The van der Waals surface area contributed by atoms with Gasteiger partial charge in [-0.25, -0.2) is 4.79 Å². The second-order valence-corrected chi connectivity index (χ2v) is 2.00. The molecule has 0 heterocycles. The van der Waals surface area contributed by atoms with Crippen molar-refractivity contribution in [2.45, 2.75) is 6.92 Å². The lowest BCUT2D eigenvalue weighted by molar-refractivity contribution is -0.137. The number of rotatable bonds is 3. The number of carbonyl (C=O) groups is 1. The Morgan fingerprint density at radius 1 is 1.69 bits per heavy atom. The third kappa shape index (κ3) is 4.44. The highest BCUT2D eigenvalue weighted by Gasteiger charge is 2.07. The van der Waals surface area contributed by atoms with Crippen LogP contribution in [0.2, 0.25) is 0 Å². The molecule has 0 unspecified atom stereocenters. The van der Waals surface area contributed by atoms with E-state index in [-0.39, 0.29) is 12.2 Å². The number of nitrogens with zero attached hydrogens (tertiary/aromatic N) is 1. The Morgan fingerprint density at radius 2 is 2.38 bits per heavy atom. The van der Waals surface area contributed by atoms with Crippen molar-refractivity contribution in [3.63, 3.8) is 0 Å². The van der Waals surface area contributed by atoms with Crippen LogP contribution in [0.3, 0.4) is 0 Å². The van der Waals surface area contributed by atoms with Crippen LogP contribution >= 0.6 is 0 Å². The molecule has 0 aromatic rings. The molecule has 0 aliphatic carbocycles.